The van der Waals surface area contributed by atoms with Gasteiger partial charge in [0, 0.05) is 6.54 Å². The van der Waals surface area contributed by atoms with E-state index in [9.17, 15) is 4.79 Å². The van der Waals surface area contributed by atoms with E-state index >= 15 is 0 Å². The highest BCUT2D eigenvalue weighted by molar-refractivity contribution is 5.73. The van der Waals surface area contributed by atoms with Gasteiger partial charge < -0.3 is 15.3 Å². The molecule has 4 heteroatoms. The summed E-state index contributed by atoms with van der Waals surface area (Å²) in [4.78, 5) is 13.3. The van der Waals surface area contributed by atoms with Crippen molar-refractivity contribution in [3.63, 3.8) is 0 Å². The Balaban J connectivity index is 1.73. The Labute approximate surface area is 97.0 Å². The first-order chi connectivity index (χ1) is 7.69. The van der Waals surface area contributed by atoms with Crippen LogP contribution < -0.4 is 5.32 Å². The average molecular weight is 226 g/mol. The molecule has 0 aliphatic carbocycles. The number of rotatable bonds is 4. The topological polar surface area (TPSA) is 52.6 Å². The highest BCUT2D eigenvalue weighted by Gasteiger charge is 2.32. The third kappa shape index (κ3) is 2.74. The molecule has 0 amide bonds. The summed E-state index contributed by atoms with van der Waals surface area (Å²) in [6.07, 6.45) is 3.31. The first-order valence-corrected chi connectivity index (χ1v) is 6.37. The van der Waals surface area contributed by atoms with Crippen LogP contribution in [0.1, 0.15) is 26.2 Å². The Hall–Kier alpha value is -0.610. The molecule has 4 nitrogen and oxygen atoms in total. The van der Waals surface area contributed by atoms with E-state index in [1.807, 2.05) is 0 Å². The second-order valence-corrected chi connectivity index (χ2v) is 5.18. The number of hydrogen-bond acceptors (Lipinski definition) is 3. The molecule has 2 N–H and O–H groups in total. The van der Waals surface area contributed by atoms with Gasteiger partial charge in [-0.05, 0) is 50.7 Å². The molecule has 2 saturated heterocycles. The number of nitrogens with one attached hydrogen (secondary N) is 1. The molecule has 0 spiro atoms. The number of carbonyl (C=O) groups is 1. The van der Waals surface area contributed by atoms with Crippen LogP contribution in [0.5, 0.6) is 0 Å². The molecule has 2 aliphatic heterocycles. The molecule has 3 unspecified atom stereocenters. The maximum Gasteiger partial charge on any atom is 0.320 e. The second kappa shape index (κ2) is 5.15. The molecule has 2 aliphatic rings. The van der Waals surface area contributed by atoms with Crippen molar-refractivity contribution in [3.05, 3.63) is 0 Å². The lowest BCUT2D eigenvalue weighted by Gasteiger charge is -2.16. The molecule has 0 saturated carbocycles. The first-order valence-electron chi connectivity index (χ1n) is 6.37. The van der Waals surface area contributed by atoms with Gasteiger partial charge in [0.15, 0.2) is 0 Å². The van der Waals surface area contributed by atoms with Crippen LogP contribution in [0.4, 0.5) is 0 Å². The van der Waals surface area contributed by atoms with Crippen LogP contribution in [0.15, 0.2) is 0 Å². The number of nitrogens with zero attached hydrogens (tertiary/aromatic N) is 1. The fraction of sp³-hybridized carbons (Fsp3) is 0.917. The molecule has 3 atom stereocenters. The highest BCUT2D eigenvalue weighted by Crippen LogP contribution is 2.27. The Morgan fingerprint density at radius 2 is 2.31 bits per heavy atom. The van der Waals surface area contributed by atoms with E-state index in [1.165, 1.54) is 25.9 Å². The van der Waals surface area contributed by atoms with Crippen LogP contribution in [-0.2, 0) is 4.79 Å². The summed E-state index contributed by atoms with van der Waals surface area (Å²) >= 11 is 0. The van der Waals surface area contributed by atoms with Gasteiger partial charge >= 0.3 is 5.97 Å². The van der Waals surface area contributed by atoms with Crippen molar-refractivity contribution in [2.45, 2.75) is 32.2 Å². The predicted octanol–water partition coefficient (Wildman–Crippen LogP) is 0.781. The second-order valence-electron chi connectivity index (χ2n) is 5.18. The highest BCUT2D eigenvalue weighted by atomic mass is 16.4. The van der Waals surface area contributed by atoms with Crippen LogP contribution >= 0.6 is 0 Å². The van der Waals surface area contributed by atoms with Crippen LogP contribution in [0, 0.1) is 11.8 Å². The van der Waals surface area contributed by atoms with Crippen molar-refractivity contribution in [2.75, 3.05) is 26.2 Å². The number of aliphatic carboxylic acids is 1. The molecule has 0 aromatic heterocycles. The van der Waals surface area contributed by atoms with E-state index in [0.717, 1.165) is 25.4 Å². The zero-order chi connectivity index (χ0) is 11.5. The van der Waals surface area contributed by atoms with Crippen LogP contribution in [0.3, 0.4) is 0 Å². The summed E-state index contributed by atoms with van der Waals surface area (Å²) in [5, 5.41) is 12.0. The van der Waals surface area contributed by atoms with Gasteiger partial charge in [-0.1, -0.05) is 6.92 Å². The van der Waals surface area contributed by atoms with Gasteiger partial charge in [0.1, 0.15) is 6.04 Å². The molecule has 92 valence electrons. The third-order valence-corrected chi connectivity index (χ3v) is 4.00. The quantitative estimate of drug-likeness (QED) is 0.744. The monoisotopic (exact) mass is 226 g/mol. The fourth-order valence-electron chi connectivity index (χ4n) is 3.04. The van der Waals surface area contributed by atoms with Gasteiger partial charge in [-0.2, -0.15) is 0 Å². The minimum Gasteiger partial charge on any atom is -0.480 e. The molecule has 2 rings (SSSR count). The lowest BCUT2D eigenvalue weighted by Crippen LogP contribution is -2.29. The lowest BCUT2D eigenvalue weighted by molar-refractivity contribution is -0.139. The predicted molar refractivity (Wildman–Crippen MR) is 62.4 cm³/mol. The zero-order valence-electron chi connectivity index (χ0n) is 9.98. The summed E-state index contributed by atoms with van der Waals surface area (Å²) in [5.74, 6) is 0.673. The minimum absolute atomic E-state index is 0.298. The smallest absolute Gasteiger partial charge is 0.320 e. The SMILES string of the molecule is CCN1CCC(CC2CNC(C(=O)O)C2)C1. The molecular formula is C12H22N2O2. The van der Waals surface area contributed by atoms with Gasteiger partial charge in [0.25, 0.3) is 0 Å². The summed E-state index contributed by atoms with van der Waals surface area (Å²) in [6, 6.07) is -0.298. The van der Waals surface area contributed by atoms with Gasteiger partial charge in [-0.15, -0.1) is 0 Å². The first kappa shape index (κ1) is 11.9. The van der Waals surface area contributed by atoms with E-state index in [2.05, 4.69) is 17.1 Å². The number of likely N-dealkylation sites (tertiary alicyclic amines) is 1. The molecule has 0 radical (unpaired) electrons. The summed E-state index contributed by atoms with van der Waals surface area (Å²) in [7, 11) is 0. The van der Waals surface area contributed by atoms with Crippen molar-refractivity contribution in [1.82, 2.24) is 10.2 Å². The Bertz CT molecular complexity index is 257. The molecule has 2 fully saturated rings. The van der Waals surface area contributed by atoms with E-state index < -0.39 is 5.97 Å². The van der Waals surface area contributed by atoms with Gasteiger partial charge in [-0.3, -0.25) is 4.79 Å². The maximum absolute atomic E-state index is 10.8. The standard InChI is InChI=1S/C12H22N2O2/c1-2-14-4-3-9(8-14)5-10-6-11(12(15)16)13-7-10/h9-11,13H,2-8H2,1H3,(H,15,16). The minimum atomic E-state index is -0.691. The van der Waals surface area contributed by atoms with Crippen molar-refractivity contribution in [1.29, 1.82) is 0 Å². The molecule has 0 aromatic rings. The van der Waals surface area contributed by atoms with E-state index in [1.54, 1.807) is 0 Å². The largest absolute Gasteiger partial charge is 0.480 e. The van der Waals surface area contributed by atoms with Gasteiger partial charge in [0.2, 0.25) is 0 Å². The number of carboxylic acids is 1. The maximum atomic E-state index is 10.8. The van der Waals surface area contributed by atoms with E-state index in [0.29, 0.717) is 5.92 Å². The van der Waals surface area contributed by atoms with E-state index in [-0.39, 0.29) is 6.04 Å². The zero-order valence-corrected chi connectivity index (χ0v) is 9.98. The van der Waals surface area contributed by atoms with Crippen molar-refractivity contribution in [3.8, 4) is 0 Å². The van der Waals surface area contributed by atoms with Crippen LogP contribution in [-0.4, -0.2) is 48.2 Å². The van der Waals surface area contributed by atoms with Crippen molar-refractivity contribution in [2.24, 2.45) is 11.8 Å². The van der Waals surface area contributed by atoms with Gasteiger partial charge in [-0.25, -0.2) is 0 Å². The number of hydrogen-bond donors (Lipinski definition) is 2. The average Bonchev–Trinajstić information content (AvgIpc) is 2.87. The Kier molecular flexibility index (Phi) is 3.82. The summed E-state index contributed by atoms with van der Waals surface area (Å²) < 4.78 is 0. The van der Waals surface area contributed by atoms with Crippen LogP contribution in [0.25, 0.3) is 0 Å². The molecule has 16 heavy (non-hydrogen) atoms. The molecule has 2 heterocycles. The van der Waals surface area contributed by atoms with Gasteiger partial charge in [0.05, 0.1) is 0 Å². The molecular weight excluding hydrogens is 204 g/mol. The lowest BCUT2D eigenvalue weighted by atomic mass is 9.92. The Morgan fingerprint density at radius 1 is 1.50 bits per heavy atom. The summed E-state index contributed by atoms with van der Waals surface area (Å²) in [6.45, 7) is 6.69. The third-order valence-electron chi connectivity index (χ3n) is 4.00. The molecule has 0 aromatic carbocycles. The fourth-order valence-corrected chi connectivity index (χ4v) is 3.04. The van der Waals surface area contributed by atoms with Crippen molar-refractivity contribution < 1.29 is 9.90 Å². The van der Waals surface area contributed by atoms with Crippen molar-refractivity contribution >= 4 is 5.97 Å². The molecule has 0 bridgehead atoms. The number of carboxylic acid groups (broad SMARTS) is 1. The normalized spacial score (nSPS) is 35.7. The van der Waals surface area contributed by atoms with Crippen LogP contribution in [0.2, 0.25) is 0 Å². The Morgan fingerprint density at radius 3 is 2.88 bits per heavy atom. The van der Waals surface area contributed by atoms with E-state index in [4.69, 9.17) is 5.11 Å². The summed E-state index contributed by atoms with van der Waals surface area (Å²) in [5.41, 5.74) is 0.